The van der Waals surface area contributed by atoms with E-state index >= 15 is 0 Å². The highest BCUT2D eigenvalue weighted by atomic mass is 16.7. The summed E-state index contributed by atoms with van der Waals surface area (Å²) in [6, 6.07) is -0.900. The Morgan fingerprint density at radius 3 is 2.29 bits per heavy atom. The van der Waals surface area contributed by atoms with Crippen molar-refractivity contribution in [3.8, 4) is 0 Å². The fourth-order valence-corrected chi connectivity index (χ4v) is 11.9. The first-order valence-electron chi connectivity index (χ1n) is 20.4. The van der Waals surface area contributed by atoms with Crippen LogP contribution < -0.4 is 5.32 Å². The van der Waals surface area contributed by atoms with Crippen molar-refractivity contribution in [1.82, 2.24) is 15.1 Å². The summed E-state index contributed by atoms with van der Waals surface area (Å²) in [6.07, 6.45) is -3.00. The van der Waals surface area contributed by atoms with Crippen molar-refractivity contribution >= 4 is 29.7 Å². The number of nitrogens with one attached hydrogen (secondary N) is 1. The average Bonchev–Trinajstić information content (AvgIpc) is 4.08. The summed E-state index contributed by atoms with van der Waals surface area (Å²) in [5, 5.41) is 32.5. The lowest BCUT2D eigenvalue weighted by molar-refractivity contribution is -0.265. The van der Waals surface area contributed by atoms with Crippen LogP contribution in [0.25, 0.3) is 0 Å². The van der Waals surface area contributed by atoms with Gasteiger partial charge < -0.3 is 54.1 Å². The normalized spacial score (nSPS) is 43.4. The Labute approximate surface area is 326 Å². The molecule has 4 N–H and O–H groups in total. The van der Waals surface area contributed by atoms with E-state index in [0.717, 1.165) is 24.0 Å². The Morgan fingerprint density at radius 2 is 1.64 bits per heavy atom. The van der Waals surface area contributed by atoms with E-state index in [1.807, 2.05) is 6.92 Å². The second-order valence-corrected chi connectivity index (χ2v) is 18.1. The van der Waals surface area contributed by atoms with Crippen LogP contribution >= 0.6 is 0 Å². The molecule has 5 heterocycles. The van der Waals surface area contributed by atoms with Crippen molar-refractivity contribution in [3.63, 3.8) is 0 Å². The van der Waals surface area contributed by atoms with Crippen molar-refractivity contribution in [1.29, 1.82) is 0 Å². The van der Waals surface area contributed by atoms with Crippen molar-refractivity contribution < 1.29 is 63.0 Å². The molecule has 13 atom stereocenters. The Hall–Kier alpha value is -3.15. The fraction of sp³-hybridized carbons (Fsp3) is 0.825. The van der Waals surface area contributed by atoms with Crippen LogP contribution in [0.4, 0.5) is 0 Å². The molecular formula is C40H57N3O13. The number of hydrogen-bond donors (Lipinski definition) is 4. The third kappa shape index (κ3) is 5.78. The third-order valence-electron chi connectivity index (χ3n) is 15.2. The predicted molar refractivity (Wildman–Crippen MR) is 193 cm³/mol. The molecule has 8 aliphatic rings. The van der Waals surface area contributed by atoms with Gasteiger partial charge in [-0.3, -0.25) is 19.2 Å². The number of hydrogen-bond acceptors (Lipinski definition) is 13. The number of fused-ring (bicyclic) bond motifs is 4. The number of nitrogens with zero attached hydrogens (tertiary/aromatic N) is 2. The van der Waals surface area contributed by atoms with Crippen LogP contribution in [0.1, 0.15) is 79.6 Å². The highest BCUT2D eigenvalue weighted by Crippen LogP contribution is 2.82. The lowest BCUT2D eigenvalue weighted by Crippen LogP contribution is -2.73. The number of aliphatic hydroxyl groups excluding tert-OH is 3. The number of piperazine rings is 1. The summed E-state index contributed by atoms with van der Waals surface area (Å²) in [4.78, 5) is 68.3. The summed E-state index contributed by atoms with van der Waals surface area (Å²) >= 11 is 0. The van der Waals surface area contributed by atoms with Gasteiger partial charge in [-0.25, -0.2) is 4.79 Å². The van der Waals surface area contributed by atoms with Crippen LogP contribution in [0, 0.1) is 28.6 Å². The average molecular weight is 788 g/mol. The van der Waals surface area contributed by atoms with E-state index < -0.39 is 66.2 Å². The summed E-state index contributed by atoms with van der Waals surface area (Å²) < 4.78 is 31.1. The van der Waals surface area contributed by atoms with Gasteiger partial charge in [-0.2, -0.15) is 0 Å². The second kappa shape index (κ2) is 14.0. The minimum absolute atomic E-state index is 0.0205. The van der Waals surface area contributed by atoms with Gasteiger partial charge in [-0.15, -0.1) is 0 Å². The number of rotatable bonds is 10. The molecule has 2 unspecified atom stereocenters. The molecule has 0 radical (unpaired) electrons. The van der Waals surface area contributed by atoms with Crippen LogP contribution in [0.15, 0.2) is 11.1 Å². The SMILES string of the molecule is CC1O[C@H](CO)[C@@H](O)[C@H](O)[C@H]1NC(=O)CCC(=O)N1CCN(C(=O)CCC(=O)O[C@@H]2[C@@]3(C(C)C)C[C@H]3[C@@H]3O[C@@]34[C@@]3(C)CCC5=C(COC5=O)C3CO[C@]24C)CC1. The highest BCUT2D eigenvalue weighted by Gasteiger charge is 2.93. The summed E-state index contributed by atoms with van der Waals surface area (Å²) in [6.45, 7) is 11.6. The largest absolute Gasteiger partial charge is 0.459 e. The monoisotopic (exact) mass is 787 g/mol. The van der Waals surface area contributed by atoms with Gasteiger partial charge in [-0.1, -0.05) is 20.8 Å². The molecule has 6 fully saturated rings. The van der Waals surface area contributed by atoms with E-state index in [9.17, 15) is 39.3 Å². The number of esters is 2. The van der Waals surface area contributed by atoms with Gasteiger partial charge in [0.1, 0.15) is 42.2 Å². The van der Waals surface area contributed by atoms with Gasteiger partial charge in [0.15, 0.2) is 0 Å². The van der Waals surface area contributed by atoms with Crippen LogP contribution in [-0.4, -0.2) is 155 Å². The number of cyclic esters (lactones) is 1. The Kier molecular flexibility index (Phi) is 9.92. The Balaban J connectivity index is 0.832. The van der Waals surface area contributed by atoms with Gasteiger partial charge in [-0.05, 0) is 50.5 Å². The molecule has 3 amide bonds. The lowest BCUT2D eigenvalue weighted by atomic mass is 9.49. The van der Waals surface area contributed by atoms with Crippen LogP contribution in [0.3, 0.4) is 0 Å². The molecule has 0 aromatic rings. The lowest BCUT2D eigenvalue weighted by Gasteiger charge is -2.61. The van der Waals surface area contributed by atoms with Crippen LogP contribution in [0.2, 0.25) is 0 Å². The van der Waals surface area contributed by atoms with Crippen molar-refractivity contribution in [2.24, 2.45) is 28.6 Å². The Bertz CT molecular complexity index is 1700. The molecule has 16 heteroatoms. The standard InChI is InChI=1S/C40H57N3O13/c1-20(2)39-16-24(39)34-40(56-34)37(4)11-10-22-23(18-52-35(22)51)25(37)19-53-38(40,5)36(39)55-30(48)9-8-29(47)43-14-12-42(13-15-43)28(46)7-6-27(45)41-31-21(3)54-26(17-44)32(49)33(31)50/h20-21,24-26,31-34,36,44,49-50H,6-19H2,1-5H3,(H,41,45)/t21?,24-,25?,26+,31-,32+,33+,34-,36-,37-,38+,39+,40+/m0/s1. The summed E-state index contributed by atoms with van der Waals surface area (Å²) in [7, 11) is 0. The molecule has 8 rings (SSSR count). The zero-order valence-electron chi connectivity index (χ0n) is 33.0. The quantitative estimate of drug-likeness (QED) is 0.170. The van der Waals surface area contributed by atoms with E-state index in [-0.39, 0.29) is 97.9 Å². The molecule has 1 spiro atoms. The molecule has 4 saturated heterocycles. The first-order chi connectivity index (χ1) is 26.5. The number of ether oxygens (including phenoxy) is 5. The van der Waals surface area contributed by atoms with E-state index in [1.54, 1.807) is 16.7 Å². The number of amides is 3. The maximum Gasteiger partial charge on any atom is 0.334 e. The smallest absolute Gasteiger partial charge is 0.334 e. The molecule has 16 nitrogen and oxygen atoms in total. The zero-order chi connectivity index (χ0) is 40.1. The topological polar surface area (TPSA) is 214 Å². The fourth-order valence-electron chi connectivity index (χ4n) is 11.9. The van der Waals surface area contributed by atoms with Crippen molar-refractivity contribution in [2.45, 2.75) is 133 Å². The van der Waals surface area contributed by atoms with Gasteiger partial charge >= 0.3 is 11.9 Å². The van der Waals surface area contributed by atoms with E-state index in [2.05, 4.69) is 26.1 Å². The third-order valence-corrected chi connectivity index (χ3v) is 15.2. The second-order valence-electron chi connectivity index (χ2n) is 18.1. The molecule has 2 saturated carbocycles. The highest BCUT2D eigenvalue weighted by molar-refractivity contribution is 5.92. The zero-order valence-corrected chi connectivity index (χ0v) is 33.0. The molecule has 5 aliphatic heterocycles. The molecule has 0 bridgehead atoms. The number of carbonyl (C=O) groups excluding carboxylic acids is 5. The molecule has 310 valence electrons. The number of aliphatic hydroxyl groups is 3. The van der Waals surface area contributed by atoms with Crippen LogP contribution in [0.5, 0.6) is 0 Å². The van der Waals surface area contributed by atoms with Crippen molar-refractivity contribution in [2.75, 3.05) is 46.0 Å². The van der Waals surface area contributed by atoms with Gasteiger partial charge in [0.05, 0.1) is 37.9 Å². The van der Waals surface area contributed by atoms with E-state index in [0.29, 0.717) is 26.1 Å². The molecule has 0 aromatic carbocycles. The van der Waals surface area contributed by atoms with E-state index in [1.165, 1.54) is 0 Å². The summed E-state index contributed by atoms with van der Waals surface area (Å²) in [5.74, 6) is -1.23. The first kappa shape index (κ1) is 39.7. The van der Waals surface area contributed by atoms with Gasteiger partial charge in [0.25, 0.3) is 0 Å². The van der Waals surface area contributed by atoms with Gasteiger partial charge in [0, 0.05) is 67.8 Å². The maximum absolute atomic E-state index is 13.7. The predicted octanol–water partition coefficient (Wildman–Crippen LogP) is -0.0123. The van der Waals surface area contributed by atoms with Gasteiger partial charge in [0.2, 0.25) is 17.7 Å². The first-order valence-corrected chi connectivity index (χ1v) is 20.4. The maximum atomic E-state index is 13.7. The number of epoxide rings is 1. The molecular weight excluding hydrogens is 730 g/mol. The minimum Gasteiger partial charge on any atom is -0.459 e. The molecule has 56 heavy (non-hydrogen) atoms. The van der Waals surface area contributed by atoms with E-state index in [4.69, 9.17) is 23.7 Å². The Morgan fingerprint density at radius 1 is 0.982 bits per heavy atom. The number of carbonyl (C=O) groups is 5. The summed E-state index contributed by atoms with van der Waals surface area (Å²) in [5.41, 5.74) is -0.420. The molecule has 3 aliphatic carbocycles. The minimum atomic E-state index is -1.37. The van der Waals surface area contributed by atoms with Crippen molar-refractivity contribution in [3.05, 3.63) is 11.1 Å². The van der Waals surface area contributed by atoms with Crippen LogP contribution in [-0.2, 0) is 47.7 Å². The molecule has 0 aromatic heterocycles.